The third-order valence-corrected chi connectivity index (χ3v) is 3.37. The van der Waals surface area contributed by atoms with Gasteiger partial charge in [-0.05, 0) is 18.1 Å². The van der Waals surface area contributed by atoms with Crippen LogP contribution in [0.3, 0.4) is 0 Å². The number of nitrogens with two attached hydrogens (primary N) is 1. The molecule has 1 aliphatic heterocycles. The van der Waals surface area contributed by atoms with E-state index in [1.807, 2.05) is 36.1 Å². The molecule has 2 N–H and O–H groups in total. The molecule has 1 atom stereocenters. The van der Waals surface area contributed by atoms with E-state index in [4.69, 9.17) is 10.5 Å². The Morgan fingerprint density at radius 3 is 2.83 bits per heavy atom. The van der Waals surface area contributed by atoms with Crippen LogP contribution < -0.4 is 5.73 Å². The van der Waals surface area contributed by atoms with Crippen molar-refractivity contribution in [1.82, 2.24) is 4.90 Å². The highest BCUT2D eigenvalue weighted by Crippen LogP contribution is 2.13. The summed E-state index contributed by atoms with van der Waals surface area (Å²) < 4.78 is 5.34. The van der Waals surface area contributed by atoms with Gasteiger partial charge in [-0.25, -0.2) is 0 Å². The quantitative estimate of drug-likeness (QED) is 0.866. The summed E-state index contributed by atoms with van der Waals surface area (Å²) in [5, 5.41) is 0. The summed E-state index contributed by atoms with van der Waals surface area (Å²) >= 11 is 0. The number of carbonyl (C=O) groups is 1. The smallest absolute Gasteiger partial charge is 0.227 e. The Labute approximate surface area is 108 Å². The number of hydrogen-bond acceptors (Lipinski definition) is 3. The minimum absolute atomic E-state index is 0.159. The van der Waals surface area contributed by atoms with Crippen molar-refractivity contribution in [2.45, 2.75) is 25.9 Å². The van der Waals surface area contributed by atoms with Gasteiger partial charge in [-0.1, -0.05) is 24.3 Å². The minimum Gasteiger partial charge on any atom is -0.377 e. The number of rotatable bonds is 3. The SMILES string of the molecule is C[C@@H]1COCCN1C(=O)Cc1ccccc1CN. The molecule has 1 saturated heterocycles. The molecule has 98 valence electrons. The zero-order valence-electron chi connectivity index (χ0n) is 10.8. The fraction of sp³-hybridized carbons (Fsp3) is 0.500. The molecule has 1 heterocycles. The number of benzene rings is 1. The summed E-state index contributed by atoms with van der Waals surface area (Å²) in [6.45, 7) is 4.44. The van der Waals surface area contributed by atoms with E-state index in [0.717, 1.165) is 11.1 Å². The van der Waals surface area contributed by atoms with E-state index >= 15 is 0 Å². The lowest BCUT2D eigenvalue weighted by Gasteiger charge is -2.33. The molecule has 4 nitrogen and oxygen atoms in total. The number of carbonyl (C=O) groups excluding carboxylic acids is 1. The zero-order chi connectivity index (χ0) is 13.0. The Kier molecular flexibility index (Phi) is 4.33. The van der Waals surface area contributed by atoms with Gasteiger partial charge in [0.25, 0.3) is 0 Å². The first-order valence-electron chi connectivity index (χ1n) is 6.36. The summed E-state index contributed by atoms with van der Waals surface area (Å²) in [4.78, 5) is 14.2. The third-order valence-electron chi connectivity index (χ3n) is 3.37. The van der Waals surface area contributed by atoms with Crippen molar-refractivity contribution in [2.75, 3.05) is 19.8 Å². The molecule has 1 fully saturated rings. The van der Waals surface area contributed by atoms with Crippen LogP contribution in [0, 0.1) is 0 Å². The summed E-state index contributed by atoms with van der Waals surface area (Å²) in [6.07, 6.45) is 0.428. The van der Waals surface area contributed by atoms with E-state index in [0.29, 0.717) is 32.7 Å². The van der Waals surface area contributed by atoms with Gasteiger partial charge < -0.3 is 15.4 Å². The Morgan fingerprint density at radius 2 is 2.17 bits per heavy atom. The Morgan fingerprint density at radius 1 is 1.44 bits per heavy atom. The minimum atomic E-state index is 0.159. The molecule has 1 aromatic carbocycles. The molecule has 0 spiro atoms. The van der Waals surface area contributed by atoms with Crippen molar-refractivity contribution < 1.29 is 9.53 Å². The Balaban J connectivity index is 2.06. The molecule has 0 aliphatic carbocycles. The molecular weight excluding hydrogens is 228 g/mol. The average Bonchev–Trinajstić information content (AvgIpc) is 2.39. The predicted octanol–water partition coefficient (Wildman–Crippen LogP) is 0.935. The fourth-order valence-corrected chi connectivity index (χ4v) is 2.29. The molecule has 0 saturated carbocycles. The Hall–Kier alpha value is -1.39. The van der Waals surface area contributed by atoms with Gasteiger partial charge in [0.1, 0.15) is 0 Å². The highest BCUT2D eigenvalue weighted by molar-refractivity contribution is 5.79. The molecular formula is C14H20N2O2. The number of ether oxygens (including phenoxy) is 1. The maximum absolute atomic E-state index is 12.3. The van der Waals surface area contributed by atoms with Gasteiger partial charge in [-0.2, -0.15) is 0 Å². The summed E-state index contributed by atoms with van der Waals surface area (Å²) in [7, 11) is 0. The monoisotopic (exact) mass is 248 g/mol. The average molecular weight is 248 g/mol. The first-order chi connectivity index (χ1) is 8.72. The molecule has 0 aromatic heterocycles. The second-order valence-electron chi connectivity index (χ2n) is 4.66. The van der Waals surface area contributed by atoms with Crippen molar-refractivity contribution in [2.24, 2.45) is 5.73 Å². The normalized spacial score (nSPS) is 19.9. The maximum Gasteiger partial charge on any atom is 0.227 e. The standard InChI is InChI=1S/C14H20N2O2/c1-11-10-18-7-6-16(11)14(17)8-12-4-2-3-5-13(12)9-15/h2-5,11H,6-10,15H2,1H3/t11-/m1/s1. The second-order valence-corrected chi connectivity index (χ2v) is 4.66. The Bertz CT molecular complexity index is 420. The van der Waals surface area contributed by atoms with Crippen molar-refractivity contribution in [3.63, 3.8) is 0 Å². The van der Waals surface area contributed by atoms with E-state index in [1.54, 1.807) is 0 Å². The van der Waals surface area contributed by atoms with Crippen LogP contribution in [0.4, 0.5) is 0 Å². The molecule has 1 amide bonds. The number of nitrogens with zero attached hydrogens (tertiary/aromatic N) is 1. The topological polar surface area (TPSA) is 55.6 Å². The third kappa shape index (κ3) is 2.89. The van der Waals surface area contributed by atoms with Gasteiger partial charge in [-0.3, -0.25) is 4.79 Å². The van der Waals surface area contributed by atoms with Crippen LogP contribution >= 0.6 is 0 Å². The van der Waals surface area contributed by atoms with Crippen LogP contribution in [-0.4, -0.2) is 36.6 Å². The van der Waals surface area contributed by atoms with Crippen molar-refractivity contribution in [3.8, 4) is 0 Å². The number of hydrogen-bond donors (Lipinski definition) is 1. The van der Waals surface area contributed by atoms with Gasteiger partial charge in [0.15, 0.2) is 0 Å². The molecule has 18 heavy (non-hydrogen) atoms. The van der Waals surface area contributed by atoms with Crippen LogP contribution in [0.25, 0.3) is 0 Å². The van der Waals surface area contributed by atoms with E-state index in [1.165, 1.54) is 0 Å². The molecule has 2 rings (SSSR count). The lowest BCUT2D eigenvalue weighted by Crippen LogP contribution is -2.47. The first kappa shape index (κ1) is 13.1. The van der Waals surface area contributed by atoms with Crippen LogP contribution in [0.1, 0.15) is 18.1 Å². The lowest BCUT2D eigenvalue weighted by molar-refractivity contribution is -0.138. The summed E-state index contributed by atoms with van der Waals surface area (Å²) in [6, 6.07) is 8.02. The highest BCUT2D eigenvalue weighted by Gasteiger charge is 2.23. The van der Waals surface area contributed by atoms with E-state index < -0.39 is 0 Å². The molecule has 0 bridgehead atoms. The van der Waals surface area contributed by atoms with Gasteiger partial charge in [-0.15, -0.1) is 0 Å². The largest absolute Gasteiger partial charge is 0.377 e. The number of amides is 1. The number of morpholine rings is 1. The van der Waals surface area contributed by atoms with Crippen LogP contribution in [0.15, 0.2) is 24.3 Å². The predicted molar refractivity (Wildman–Crippen MR) is 70.0 cm³/mol. The van der Waals surface area contributed by atoms with Crippen LogP contribution in [0.5, 0.6) is 0 Å². The second kappa shape index (κ2) is 5.98. The van der Waals surface area contributed by atoms with E-state index in [9.17, 15) is 4.79 Å². The van der Waals surface area contributed by atoms with Crippen LogP contribution in [0.2, 0.25) is 0 Å². The molecule has 0 radical (unpaired) electrons. The van der Waals surface area contributed by atoms with Crippen molar-refractivity contribution in [1.29, 1.82) is 0 Å². The van der Waals surface area contributed by atoms with Gasteiger partial charge in [0, 0.05) is 13.1 Å². The van der Waals surface area contributed by atoms with Crippen molar-refractivity contribution in [3.05, 3.63) is 35.4 Å². The summed E-state index contributed by atoms with van der Waals surface area (Å²) in [5.74, 6) is 0.159. The van der Waals surface area contributed by atoms with Crippen molar-refractivity contribution >= 4 is 5.91 Å². The van der Waals surface area contributed by atoms with Gasteiger partial charge in [0.2, 0.25) is 5.91 Å². The molecule has 0 unspecified atom stereocenters. The van der Waals surface area contributed by atoms with Crippen LogP contribution in [-0.2, 0) is 22.5 Å². The van der Waals surface area contributed by atoms with Gasteiger partial charge >= 0.3 is 0 Å². The zero-order valence-corrected chi connectivity index (χ0v) is 10.8. The molecule has 4 heteroatoms. The van der Waals surface area contributed by atoms with E-state index in [-0.39, 0.29) is 11.9 Å². The maximum atomic E-state index is 12.3. The molecule has 1 aromatic rings. The lowest BCUT2D eigenvalue weighted by atomic mass is 10.0. The van der Waals surface area contributed by atoms with Gasteiger partial charge in [0.05, 0.1) is 25.7 Å². The highest BCUT2D eigenvalue weighted by atomic mass is 16.5. The molecule has 1 aliphatic rings. The summed E-state index contributed by atoms with van der Waals surface area (Å²) in [5.41, 5.74) is 7.77. The first-order valence-corrected chi connectivity index (χ1v) is 6.36. The van der Waals surface area contributed by atoms with E-state index in [2.05, 4.69) is 0 Å². The fourth-order valence-electron chi connectivity index (χ4n) is 2.29.